The van der Waals surface area contributed by atoms with Crippen molar-refractivity contribution >= 4 is 5.78 Å². The molecule has 3 nitrogen and oxygen atoms in total. The van der Waals surface area contributed by atoms with Crippen molar-refractivity contribution in [1.82, 2.24) is 9.78 Å². The molecule has 82 valence electrons. The van der Waals surface area contributed by atoms with Crippen LogP contribution in [0.2, 0.25) is 0 Å². The zero-order chi connectivity index (χ0) is 11.7. The fourth-order valence-electron chi connectivity index (χ4n) is 1.80. The number of carbonyl (C=O) groups excluding carboxylic acids is 1. The topological polar surface area (TPSA) is 34.9 Å². The first-order valence-corrected chi connectivity index (χ1v) is 5.20. The van der Waals surface area contributed by atoms with Crippen molar-refractivity contribution in [1.29, 1.82) is 0 Å². The van der Waals surface area contributed by atoms with E-state index in [4.69, 9.17) is 0 Å². The normalized spacial score (nSPS) is 10.4. The lowest BCUT2D eigenvalue weighted by Crippen LogP contribution is -2.03. The summed E-state index contributed by atoms with van der Waals surface area (Å²) in [6.45, 7) is 3.80. The van der Waals surface area contributed by atoms with Gasteiger partial charge in [-0.3, -0.25) is 9.48 Å². The van der Waals surface area contributed by atoms with E-state index >= 15 is 0 Å². The molecular weight excluding hydrogens is 200 g/mol. The molecule has 0 aliphatic heterocycles. The number of nitrogens with zero attached hydrogens (tertiary/aromatic N) is 2. The van der Waals surface area contributed by atoms with Gasteiger partial charge in [-0.1, -0.05) is 24.3 Å². The van der Waals surface area contributed by atoms with Crippen LogP contribution in [0.4, 0.5) is 0 Å². The third kappa shape index (κ3) is 1.76. The molecule has 1 aromatic heterocycles. The van der Waals surface area contributed by atoms with Crippen LogP contribution in [0.15, 0.2) is 30.5 Å². The summed E-state index contributed by atoms with van der Waals surface area (Å²) in [5, 5.41) is 4.18. The summed E-state index contributed by atoms with van der Waals surface area (Å²) in [5.41, 5.74) is 3.20. The summed E-state index contributed by atoms with van der Waals surface area (Å²) in [4.78, 5) is 12.2. The van der Waals surface area contributed by atoms with Gasteiger partial charge in [-0.2, -0.15) is 5.10 Å². The molecule has 0 bridgehead atoms. The van der Waals surface area contributed by atoms with E-state index in [2.05, 4.69) is 5.10 Å². The number of hydrogen-bond donors (Lipinski definition) is 0. The monoisotopic (exact) mass is 214 g/mol. The van der Waals surface area contributed by atoms with Gasteiger partial charge in [-0.05, 0) is 19.4 Å². The molecule has 1 heterocycles. The average molecular weight is 214 g/mol. The van der Waals surface area contributed by atoms with Crippen molar-refractivity contribution in [2.75, 3.05) is 0 Å². The molecule has 16 heavy (non-hydrogen) atoms. The standard InChI is InChI=1S/C13H14N2O/c1-9-6-4-5-7-11(9)13(16)12-8-15(3)14-10(12)2/h4-8H,1-3H3. The number of rotatable bonds is 2. The van der Waals surface area contributed by atoms with E-state index in [0.717, 1.165) is 16.8 Å². The van der Waals surface area contributed by atoms with Crippen LogP contribution < -0.4 is 0 Å². The number of ketones is 1. The maximum atomic E-state index is 12.2. The van der Waals surface area contributed by atoms with Gasteiger partial charge < -0.3 is 0 Å². The highest BCUT2D eigenvalue weighted by Gasteiger charge is 2.15. The minimum absolute atomic E-state index is 0.0451. The first-order valence-electron chi connectivity index (χ1n) is 5.20. The molecule has 0 aliphatic rings. The second-order valence-corrected chi connectivity index (χ2v) is 3.95. The lowest BCUT2D eigenvalue weighted by molar-refractivity contribution is 0.103. The molecule has 0 fully saturated rings. The number of benzene rings is 1. The maximum Gasteiger partial charge on any atom is 0.196 e. The van der Waals surface area contributed by atoms with Crippen LogP contribution in [0.1, 0.15) is 27.2 Å². The molecule has 0 radical (unpaired) electrons. The van der Waals surface area contributed by atoms with E-state index in [1.165, 1.54) is 0 Å². The first kappa shape index (κ1) is 10.6. The molecule has 2 rings (SSSR count). The van der Waals surface area contributed by atoms with Gasteiger partial charge in [0.2, 0.25) is 0 Å². The van der Waals surface area contributed by atoms with Crippen LogP contribution in [0.25, 0.3) is 0 Å². The van der Waals surface area contributed by atoms with Crippen LogP contribution in [-0.4, -0.2) is 15.6 Å². The molecule has 1 aromatic carbocycles. The molecule has 3 heteroatoms. The number of aromatic nitrogens is 2. The Kier molecular flexibility index (Phi) is 2.60. The molecule has 2 aromatic rings. The third-order valence-corrected chi connectivity index (χ3v) is 2.65. The molecule has 0 amide bonds. The summed E-state index contributed by atoms with van der Waals surface area (Å²) in [5.74, 6) is 0.0451. The number of hydrogen-bond acceptors (Lipinski definition) is 2. The van der Waals surface area contributed by atoms with Crippen molar-refractivity contribution in [3.8, 4) is 0 Å². The highest BCUT2D eigenvalue weighted by Crippen LogP contribution is 2.15. The van der Waals surface area contributed by atoms with Crippen molar-refractivity contribution in [3.63, 3.8) is 0 Å². The van der Waals surface area contributed by atoms with E-state index in [-0.39, 0.29) is 5.78 Å². The Morgan fingerprint density at radius 1 is 1.19 bits per heavy atom. The Hall–Kier alpha value is -1.90. The second kappa shape index (κ2) is 3.93. The Morgan fingerprint density at radius 2 is 1.88 bits per heavy atom. The van der Waals surface area contributed by atoms with Gasteiger partial charge in [0.1, 0.15) is 0 Å². The van der Waals surface area contributed by atoms with Crippen LogP contribution in [0, 0.1) is 13.8 Å². The molecule has 0 spiro atoms. The summed E-state index contributed by atoms with van der Waals surface area (Å²) >= 11 is 0. The van der Waals surface area contributed by atoms with Crippen molar-refractivity contribution in [2.24, 2.45) is 7.05 Å². The molecule has 0 aliphatic carbocycles. The lowest BCUT2D eigenvalue weighted by Gasteiger charge is -2.02. The largest absolute Gasteiger partial charge is 0.288 e. The van der Waals surface area contributed by atoms with E-state index in [0.29, 0.717) is 5.56 Å². The van der Waals surface area contributed by atoms with Gasteiger partial charge in [-0.25, -0.2) is 0 Å². The van der Waals surface area contributed by atoms with Crippen LogP contribution in [0.3, 0.4) is 0 Å². The second-order valence-electron chi connectivity index (χ2n) is 3.95. The Bertz CT molecular complexity index is 541. The summed E-state index contributed by atoms with van der Waals surface area (Å²) < 4.78 is 1.67. The Morgan fingerprint density at radius 3 is 2.44 bits per heavy atom. The van der Waals surface area contributed by atoms with Gasteiger partial charge in [0, 0.05) is 18.8 Å². The summed E-state index contributed by atoms with van der Waals surface area (Å²) in [6.07, 6.45) is 1.77. The third-order valence-electron chi connectivity index (χ3n) is 2.65. The highest BCUT2D eigenvalue weighted by molar-refractivity contribution is 6.10. The van der Waals surface area contributed by atoms with Crippen molar-refractivity contribution in [3.05, 3.63) is 52.8 Å². The van der Waals surface area contributed by atoms with Crippen LogP contribution >= 0.6 is 0 Å². The molecule has 0 saturated heterocycles. The first-order chi connectivity index (χ1) is 7.59. The Balaban J connectivity index is 2.47. The lowest BCUT2D eigenvalue weighted by atomic mass is 10.00. The van der Waals surface area contributed by atoms with E-state index < -0.39 is 0 Å². The van der Waals surface area contributed by atoms with Crippen LogP contribution in [0.5, 0.6) is 0 Å². The van der Waals surface area contributed by atoms with Gasteiger partial charge in [0.05, 0.1) is 11.3 Å². The van der Waals surface area contributed by atoms with Gasteiger partial charge in [-0.15, -0.1) is 0 Å². The van der Waals surface area contributed by atoms with E-state index in [9.17, 15) is 4.79 Å². The van der Waals surface area contributed by atoms with Gasteiger partial charge >= 0.3 is 0 Å². The number of aryl methyl sites for hydroxylation is 3. The molecule has 0 N–H and O–H groups in total. The summed E-state index contributed by atoms with van der Waals surface area (Å²) in [6, 6.07) is 7.61. The highest BCUT2D eigenvalue weighted by atomic mass is 16.1. The molecular formula is C13H14N2O. The average Bonchev–Trinajstić information content (AvgIpc) is 2.58. The van der Waals surface area contributed by atoms with E-state index in [1.54, 1.807) is 10.9 Å². The minimum Gasteiger partial charge on any atom is -0.288 e. The van der Waals surface area contributed by atoms with Gasteiger partial charge in [0.15, 0.2) is 5.78 Å². The summed E-state index contributed by atoms with van der Waals surface area (Å²) in [7, 11) is 1.82. The van der Waals surface area contributed by atoms with E-state index in [1.807, 2.05) is 45.2 Å². The molecule has 0 saturated carbocycles. The zero-order valence-corrected chi connectivity index (χ0v) is 9.69. The van der Waals surface area contributed by atoms with Crippen molar-refractivity contribution in [2.45, 2.75) is 13.8 Å². The SMILES string of the molecule is Cc1ccccc1C(=O)c1cn(C)nc1C. The predicted molar refractivity (Wildman–Crippen MR) is 62.6 cm³/mol. The van der Waals surface area contributed by atoms with Crippen molar-refractivity contribution < 1.29 is 4.79 Å². The zero-order valence-electron chi connectivity index (χ0n) is 9.69. The van der Waals surface area contributed by atoms with Gasteiger partial charge in [0.25, 0.3) is 0 Å². The predicted octanol–water partition coefficient (Wildman–Crippen LogP) is 2.27. The Labute approximate surface area is 94.7 Å². The quantitative estimate of drug-likeness (QED) is 0.719. The molecule has 0 atom stereocenters. The minimum atomic E-state index is 0.0451. The number of carbonyl (C=O) groups is 1. The smallest absolute Gasteiger partial charge is 0.196 e. The fraction of sp³-hybridized carbons (Fsp3) is 0.231. The van der Waals surface area contributed by atoms with Crippen LogP contribution in [-0.2, 0) is 7.05 Å². The fourth-order valence-corrected chi connectivity index (χ4v) is 1.80. The maximum absolute atomic E-state index is 12.2. The molecule has 0 unspecified atom stereocenters.